The van der Waals surface area contributed by atoms with E-state index in [-0.39, 0.29) is 24.6 Å². The first-order valence-corrected chi connectivity index (χ1v) is 7.75. The SMILES string of the molecule is O=S(=O)(NCc1cccc(Cl)c1)c1cnn(CCO)c1. The van der Waals surface area contributed by atoms with Crippen LogP contribution in [0.5, 0.6) is 0 Å². The van der Waals surface area contributed by atoms with Crippen molar-refractivity contribution in [3.8, 4) is 0 Å². The normalized spacial score (nSPS) is 11.7. The zero-order valence-corrected chi connectivity index (χ0v) is 12.1. The quantitative estimate of drug-likeness (QED) is 0.833. The molecule has 0 aliphatic heterocycles. The first-order valence-electron chi connectivity index (χ1n) is 5.89. The van der Waals surface area contributed by atoms with E-state index in [1.807, 2.05) is 0 Å². The smallest absolute Gasteiger partial charge is 0.243 e. The van der Waals surface area contributed by atoms with Crippen molar-refractivity contribution in [2.45, 2.75) is 18.0 Å². The van der Waals surface area contributed by atoms with Gasteiger partial charge in [0.15, 0.2) is 0 Å². The first kappa shape index (κ1) is 15.0. The number of sulfonamides is 1. The van der Waals surface area contributed by atoms with E-state index in [0.29, 0.717) is 5.02 Å². The van der Waals surface area contributed by atoms with E-state index in [4.69, 9.17) is 16.7 Å². The molecule has 0 aliphatic rings. The number of hydrogen-bond acceptors (Lipinski definition) is 4. The van der Waals surface area contributed by atoms with Crippen molar-refractivity contribution in [1.82, 2.24) is 14.5 Å². The predicted molar refractivity (Wildman–Crippen MR) is 74.8 cm³/mol. The second-order valence-corrected chi connectivity index (χ2v) is 6.32. The summed E-state index contributed by atoms with van der Waals surface area (Å²) in [7, 11) is -3.63. The highest BCUT2D eigenvalue weighted by molar-refractivity contribution is 7.89. The van der Waals surface area contributed by atoms with E-state index < -0.39 is 10.0 Å². The van der Waals surface area contributed by atoms with Crippen molar-refractivity contribution >= 4 is 21.6 Å². The highest BCUT2D eigenvalue weighted by Crippen LogP contribution is 2.12. The van der Waals surface area contributed by atoms with E-state index >= 15 is 0 Å². The molecule has 2 N–H and O–H groups in total. The summed E-state index contributed by atoms with van der Waals surface area (Å²) in [5, 5.41) is 13.2. The zero-order valence-electron chi connectivity index (χ0n) is 10.5. The van der Waals surface area contributed by atoms with Gasteiger partial charge in [0.05, 0.1) is 19.3 Å². The van der Waals surface area contributed by atoms with Gasteiger partial charge in [-0.05, 0) is 17.7 Å². The molecule has 20 heavy (non-hydrogen) atoms. The van der Waals surface area contributed by atoms with Crippen LogP contribution in [-0.4, -0.2) is 29.9 Å². The molecule has 2 aromatic rings. The minimum absolute atomic E-state index is 0.0629. The molecule has 6 nitrogen and oxygen atoms in total. The van der Waals surface area contributed by atoms with Crippen LogP contribution in [-0.2, 0) is 23.1 Å². The fraction of sp³-hybridized carbons (Fsp3) is 0.250. The summed E-state index contributed by atoms with van der Waals surface area (Å²) in [4.78, 5) is 0.0629. The third kappa shape index (κ3) is 3.80. The highest BCUT2D eigenvalue weighted by Gasteiger charge is 2.16. The van der Waals surface area contributed by atoms with Crippen LogP contribution >= 0.6 is 11.6 Å². The van der Waals surface area contributed by atoms with Gasteiger partial charge in [0, 0.05) is 17.8 Å². The Labute approximate surface area is 122 Å². The molecule has 8 heteroatoms. The summed E-state index contributed by atoms with van der Waals surface area (Å²) < 4.78 is 27.9. The van der Waals surface area contributed by atoms with Crippen molar-refractivity contribution < 1.29 is 13.5 Å². The molecular weight excluding hydrogens is 302 g/mol. The minimum Gasteiger partial charge on any atom is -0.394 e. The Balaban J connectivity index is 2.06. The van der Waals surface area contributed by atoms with Gasteiger partial charge in [-0.15, -0.1) is 0 Å². The molecule has 1 aromatic carbocycles. The van der Waals surface area contributed by atoms with E-state index in [1.165, 1.54) is 17.1 Å². The molecule has 1 heterocycles. The average Bonchev–Trinajstić information content (AvgIpc) is 2.87. The molecular formula is C12H14ClN3O3S. The lowest BCUT2D eigenvalue weighted by molar-refractivity contribution is 0.269. The molecule has 2 rings (SSSR count). The molecule has 0 radical (unpaired) electrons. The molecule has 0 atom stereocenters. The fourth-order valence-corrected chi connectivity index (χ4v) is 2.80. The summed E-state index contributed by atoms with van der Waals surface area (Å²) in [5.74, 6) is 0. The molecule has 0 bridgehead atoms. The Hall–Kier alpha value is -1.41. The molecule has 1 aromatic heterocycles. The number of rotatable bonds is 6. The maximum absolute atomic E-state index is 12.0. The topological polar surface area (TPSA) is 84.2 Å². The van der Waals surface area contributed by atoms with Crippen molar-refractivity contribution in [3.05, 3.63) is 47.2 Å². The Kier molecular flexibility index (Phi) is 4.77. The van der Waals surface area contributed by atoms with Crippen LogP contribution in [0.2, 0.25) is 5.02 Å². The molecule has 0 aliphatic carbocycles. The summed E-state index contributed by atoms with van der Waals surface area (Å²) in [5.41, 5.74) is 0.767. The van der Waals surface area contributed by atoms with Gasteiger partial charge in [-0.3, -0.25) is 4.68 Å². The Morgan fingerprint density at radius 1 is 1.40 bits per heavy atom. The van der Waals surface area contributed by atoms with Crippen LogP contribution in [0.3, 0.4) is 0 Å². The molecule has 0 saturated carbocycles. The fourth-order valence-electron chi connectivity index (χ4n) is 1.62. The largest absolute Gasteiger partial charge is 0.394 e. The van der Waals surface area contributed by atoms with Crippen molar-refractivity contribution in [1.29, 1.82) is 0 Å². The van der Waals surface area contributed by atoms with Crippen LogP contribution in [0.4, 0.5) is 0 Å². The van der Waals surface area contributed by atoms with E-state index in [0.717, 1.165) is 5.56 Å². The van der Waals surface area contributed by atoms with Gasteiger partial charge in [-0.2, -0.15) is 5.10 Å². The lowest BCUT2D eigenvalue weighted by atomic mass is 10.2. The molecule has 0 amide bonds. The Morgan fingerprint density at radius 2 is 2.20 bits per heavy atom. The van der Waals surface area contributed by atoms with E-state index in [1.54, 1.807) is 24.3 Å². The zero-order chi connectivity index (χ0) is 14.6. The number of hydrogen-bond donors (Lipinski definition) is 2. The first-order chi connectivity index (χ1) is 9.51. The number of halogens is 1. The van der Waals surface area contributed by atoms with Crippen LogP contribution in [0.25, 0.3) is 0 Å². The molecule has 108 valence electrons. The van der Waals surface area contributed by atoms with Gasteiger partial charge in [-0.1, -0.05) is 23.7 Å². The van der Waals surface area contributed by atoms with Crippen molar-refractivity contribution in [3.63, 3.8) is 0 Å². The maximum Gasteiger partial charge on any atom is 0.243 e. The van der Waals surface area contributed by atoms with Gasteiger partial charge in [0.25, 0.3) is 0 Å². The number of benzene rings is 1. The van der Waals surface area contributed by atoms with Gasteiger partial charge >= 0.3 is 0 Å². The second kappa shape index (κ2) is 6.36. The summed E-state index contributed by atoms with van der Waals surface area (Å²) in [6.07, 6.45) is 2.62. The van der Waals surface area contributed by atoms with Crippen LogP contribution in [0, 0.1) is 0 Å². The average molecular weight is 316 g/mol. The van der Waals surface area contributed by atoms with Crippen LogP contribution in [0.15, 0.2) is 41.6 Å². The standard InChI is InChI=1S/C12H14ClN3O3S/c13-11-3-1-2-10(6-11)7-15-20(18,19)12-8-14-16(9-12)4-5-17/h1-3,6,8-9,15,17H,4-5,7H2. The van der Waals surface area contributed by atoms with Gasteiger partial charge in [-0.25, -0.2) is 13.1 Å². The molecule has 0 spiro atoms. The van der Waals surface area contributed by atoms with E-state index in [9.17, 15) is 8.42 Å². The summed E-state index contributed by atoms with van der Waals surface area (Å²) in [6, 6.07) is 6.95. The van der Waals surface area contributed by atoms with Crippen LogP contribution < -0.4 is 4.72 Å². The minimum atomic E-state index is -3.63. The monoisotopic (exact) mass is 315 g/mol. The second-order valence-electron chi connectivity index (χ2n) is 4.12. The maximum atomic E-state index is 12.0. The molecule has 0 unspecified atom stereocenters. The molecule has 0 saturated heterocycles. The Bertz CT molecular complexity index is 685. The number of nitrogens with zero attached hydrogens (tertiary/aromatic N) is 2. The Morgan fingerprint density at radius 3 is 2.90 bits per heavy atom. The van der Waals surface area contributed by atoms with Crippen LogP contribution in [0.1, 0.15) is 5.56 Å². The highest BCUT2D eigenvalue weighted by atomic mass is 35.5. The number of nitrogens with one attached hydrogen (secondary N) is 1. The lowest BCUT2D eigenvalue weighted by Gasteiger charge is -2.05. The summed E-state index contributed by atoms with van der Waals surface area (Å²) in [6.45, 7) is 0.301. The van der Waals surface area contributed by atoms with Crippen molar-refractivity contribution in [2.24, 2.45) is 0 Å². The number of aromatic nitrogens is 2. The summed E-state index contributed by atoms with van der Waals surface area (Å²) >= 11 is 5.84. The van der Waals surface area contributed by atoms with Gasteiger partial charge < -0.3 is 5.11 Å². The number of aliphatic hydroxyl groups is 1. The van der Waals surface area contributed by atoms with E-state index in [2.05, 4.69) is 9.82 Å². The molecule has 0 fully saturated rings. The van der Waals surface area contributed by atoms with Crippen molar-refractivity contribution in [2.75, 3.05) is 6.61 Å². The van der Waals surface area contributed by atoms with Gasteiger partial charge in [0.2, 0.25) is 10.0 Å². The lowest BCUT2D eigenvalue weighted by Crippen LogP contribution is -2.22. The van der Waals surface area contributed by atoms with Gasteiger partial charge in [0.1, 0.15) is 4.90 Å². The third-order valence-electron chi connectivity index (χ3n) is 2.60. The number of aliphatic hydroxyl groups excluding tert-OH is 1. The third-order valence-corrected chi connectivity index (χ3v) is 4.20. The predicted octanol–water partition coefficient (Wildman–Crippen LogP) is 1.01.